The quantitative estimate of drug-likeness (QED) is 0.911. The zero-order valence-corrected chi connectivity index (χ0v) is 9.52. The number of hydrogen-bond acceptors (Lipinski definition) is 2. The molecule has 1 N–H and O–H groups in total. The normalized spacial score (nSPS) is 10.2. The van der Waals surface area contributed by atoms with Gasteiger partial charge in [-0.1, -0.05) is 27.5 Å². The van der Waals surface area contributed by atoms with E-state index in [0.717, 1.165) is 10.0 Å². The molecule has 0 saturated carbocycles. The average molecular weight is 266 g/mol. The van der Waals surface area contributed by atoms with E-state index in [0.29, 0.717) is 10.8 Å². The van der Waals surface area contributed by atoms with Crippen LogP contribution in [-0.4, -0.2) is 18.3 Å². The minimum absolute atomic E-state index is 0.00810. The largest absolute Gasteiger partial charge is 0.489 e. The van der Waals surface area contributed by atoms with Gasteiger partial charge in [-0.2, -0.15) is 0 Å². The fourth-order valence-corrected chi connectivity index (χ4v) is 2.04. The van der Waals surface area contributed by atoms with Gasteiger partial charge < -0.3 is 9.84 Å². The van der Waals surface area contributed by atoms with Gasteiger partial charge in [0.25, 0.3) is 0 Å². The lowest BCUT2D eigenvalue weighted by Gasteiger charge is -2.09. The molecule has 1 rings (SSSR count). The highest BCUT2D eigenvalue weighted by molar-refractivity contribution is 9.10. The first-order chi connectivity index (χ1) is 6.15. The van der Waals surface area contributed by atoms with E-state index in [1.165, 1.54) is 0 Å². The van der Waals surface area contributed by atoms with Gasteiger partial charge >= 0.3 is 0 Å². The van der Waals surface area contributed by atoms with Crippen molar-refractivity contribution < 1.29 is 9.84 Å². The molecule has 13 heavy (non-hydrogen) atoms. The Kier molecular flexibility index (Phi) is 4.03. The molecule has 0 radical (unpaired) electrons. The van der Waals surface area contributed by atoms with Crippen LogP contribution in [0.15, 0.2) is 16.6 Å². The van der Waals surface area contributed by atoms with Crippen molar-refractivity contribution in [3.8, 4) is 5.75 Å². The zero-order chi connectivity index (χ0) is 9.84. The van der Waals surface area contributed by atoms with Gasteiger partial charge in [0.05, 0.1) is 11.6 Å². The standard InChI is InChI=1S/C9H10BrClO2/c1-6-4-7(10)5-8(11)9(6)13-3-2-12/h4-5,12H,2-3H2,1H3. The number of aliphatic hydroxyl groups excluding tert-OH is 1. The molecule has 4 heteroatoms. The second-order valence-corrected chi connectivity index (χ2v) is 3.93. The summed E-state index contributed by atoms with van der Waals surface area (Å²) in [6.07, 6.45) is 0. The minimum atomic E-state index is -0.00810. The molecule has 0 unspecified atom stereocenters. The Balaban J connectivity index is 2.92. The lowest BCUT2D eigenvalue weighted by Crippen LogP contribution is -2.03. The zero-order valence-electron chi connectivity index (χ0n) is 7.18. The van der Waals surface area contributed by atoms with Gasteiger partial charge in [0.15, 0.2) is 0 Å². The third-order valence-electron chi connectivity index (χ3n) is 1.53. The lowest BCUT2D eigenvalue weighted by molar-refractivity contribution is 0.200. The molecule has 2 nitrogen and oxygen atoms in total. The molecular formula is C9H10BrClO2. The first kappa shape index (κ1) is 10.8. The minimum Gasteiger partial charge on any atom is -0.489 e. The summed E-state index contributed by atoms with van der Waals surface area (Å²) < 4.78 is 6.19. The summed E-state index contributed by atoms with van der Waals surface area (Å²) in [5.41, 5.74) is 0.952. The lowest BCUT2D eigenvalue weighted by atomic mass is 10.2. The number of halogens is 2. The fourth-order valence-electron chi connectivity index (χ4n) is 1.02. The summed E-state index contributed by atoms with van der Waals surface area (Å²) in [6.45, 7) is 2.16. The predicted octanol–water partition coefficient (Wildman–Crippen LogP) is 2.78. The number of ether oxygens (including phenoxy) is 1. The van der Waals surface area contributed by atoms with Gasteiger partial charge in [-0.3, -0.25) is 0 Å². The van der Waals surface area contributed by atoms with Crippen molar-refractivity contribution in [3.63, 3.8) is 0 Å². The number of rotatable bonds is 3. The van der Waals surface area contributed by atoms with E-state index >= 15 is 0 Å². The maximum Gasteiger partial charge on any atom is 0.140 e. The molecule has 0 amide bonds. The molecular weight excluding hydrogens is 255 g/mol. The number of aryl methyl sites for hydroxylation is 1. The molecule has 0 atom stereocenters. The smallest absolute Gasteiger partial charge is 0.140 e. The second kappa shape index (κ2) is 4.84. The van der Waals surface area contributed by atoms with Gasteiger partial charge in [0.1, 0.15) is 12.4 Å². The van der Waals surface area contributed by atoms with Crippen LogP contribution in [0.2, 0.25) is 5.02 Å². The van der Waals surface area contributed by atoms with Crippen LogP contribution in [0.25, 0.3) is 0 Å². The molecule has 0 fully saturated rings. The van der Waals surface area contributed by atoms with E-state index in [1.807, 2.05) is 13.0 Å². The van der Waals surface area contributed by atoms with Gasteiger partial charge in [-0.15, -0.1) is 0 Å². The molecule has 1 aromatic carbocycles. The van der Waals surface area contributed by atoms with E-state index in [-0.39, 0.29) is 13.2 Å². The van der Waals surface area contributed by atoms with Crippen LogP contribution in [-0.2, 0) is 0 Å². The summed E-state index contributed by atoms with van der Waals surface area (Å²) in [7, 11) is 0. The van der Waals surface area contributed by atoms with Crippen molar-refractivity contribution in [1.29, 1.82) is 0 Å². The monoisotopic (exact) mass is 264 g/mol. The maximum atomic E-state index is 8.59. The number of aliphatic hydroxyl groups is 1. The van der Waals surface area contributed by atoms with Crippen LogP contribution in [0.5, 0.6) is 5.75 Å². The number of hydrogen-bond donors (Lipinski definition) is 1. The second-order valence-electron chi connectivity index (χ2n) is 2.61. The maximum absolute atomic E-state index is 8.59. The van der Waals surface area contributed by atoms with Crippen LogP contribution in [0, 0.1) is 6.92 Å². The SMILES string of the molecule is Cc1cc(Br)cc(Cl)c1OCCO. The Morgan fingerprint density at radius 1 is 1.54 bits per heavy atom. The molecule has 0 aliphatic rings. The first-order valence-electron chi connectivity index (χ1n) is 3.84. The van der Waals surface area contributed by atoms with E-state index in [4.69, 9.17) is 21.4 Å². The highest BCUT2D eigenvalue weighted by Gasteiger charge is 2.06. The summed E-state index contributed by atoms with van der Waals surface area (Å²) in [6, 6.07) is 3.68. The predicted molar refractivity (Wildman–Crippen MR) is 56.5 cm³/mol. The van der Waals surface area contributed by atoms with Crippen molar-refractivity contribution in [1.82, 2.24) is 0 Å². The highest BCUT2D eigenvalue weighted by Crippen LogP contribution is 2.31. The average Bonchev–Trinajstić information content (AvgIpc) is 2.02. The number of benzene rings is 1. The summed E-state index contributed by atoms with van der Waals surface area (Å²) in [5, 5.41) is 9.14. The van der Waals surface area contributed by atoms with Crippen molar-refractivity contribution in [3.05, 3.63) is 27.2 Å². The topological polar surface area (TPSA) is 29.5 Å². The van der Waals surface area contributed by atoms with Gasteiger partial charge in [-0.25, -0.2) is 0 Å². The Hall–Kier alpha value is -0.250. The molecule has 0 aliphatic heterocycles. The van der Waals surface area contributed by atoms with Gasteiger partial charge in [0, 0.05) is 4.47 Å². The fraction of sp³-hybridized carbons (Fsp3) is 0.333. The van der Waals surface area contributed by atoms with E-state index < -0.39 is 0 Å². The summed E-state index contributed by atoms with van der Waals surface area (Å²) >= 11 is 9.26. The summed E-state index contributed by atoms with van der Waals surface area (Å²) in [4.78, 5) is 0. The van der Waals surface area contributed by atoms with Crippen LogP contribution < -0.4 is 4.74 Å². The van der Waals surface area contributed by atoms with Crippen LogP contribution in [0.4, 0.5) is 0 Å². The van der Waals surface area contributed by atoms with Gasteiger partial charge in [-0.05, 0) is 24.6 Å². The Morgan fingerprint density at radius 3 is 2.77 bits per heavy atom. The molecule has 0 saturated heterocycles. The van der Waals surface area contributed by atoms with Crippen molar-refractivity contribution in [2.75, 3.05) is 13.2 Å². The van der Waals surface area contributed by atoms with Crippen molar-refractivity contribution in [2.45, 2.75) is 6.92 Å². The Bertz CT molecular complexity index is 279. The molecule has 0 spiro atoms. The molecule has 72 valence electrons. The van der Waals surface area contributed by atoms with Crippen LogP contribution in [0.1, 0.15) is 5.56 Å². The third kappa shape index (κ3) is 2.86. The van der Waals surface area contributed by atoms with Gasteiger partial charge in [0.2, 0.25) is 0 Å². The van der Waals surface area contributed by atoms with E-state index in [2.05, 4.69) is 15.9 Å². The molecule has 0 aromatic heterocycles. The van der Waals surface area contributed by atoms with Crippen molar-refractivity contribution >= 4 is 27.5 Å². The first-order valence-corrected chi connectivity index (χ1v) is 5.01. The molecule has 0 aliphatic carbocycles. The summed E-state index contributed by atoms with van der Waals surface area (Å²) in [5.74, 6) is 0.638. The van der Waals surface area contributed by atoms with Crippen LogP contribution >= 0.6 is 27.5 Å². The van der Waals surface area contributed by atoms with E-state index in [1.54, 1.807) is 6.07 Å². The highest BCUT2D eigenvalue weighted by atomic mass is 79.9. The van der Waals surface area contributed by atoms with E-state index in [9.17, 15) is 0 Å². The molecule has 1 aromatic rings. The Labute approximate surface area is 90.6 Å². The molecule has 0 heterocycles. The third-order valence-corrected chi connectivity index (χ3v) is 2.27. The van der Waals surface area contributed by atoms with Crippen molar-refractivity contribution in [2.24, 2.45) is 0 Å². The Morgan fingerprint density at radius 2 is 2.23 bits per heavy atom. The molecule has 0 bridgehead atoms. The van der Waals surface area contributed by atoms with Crippen LogP contribution in [0.3, 0.4) is 0 Å².